The minimum Gasteiger partial charge on any atom is -0.294 e. The molecule has 0 spiro atoms. The van der Waals surface area contributed by atoms with Gasteiger partial charge in [0.15, 0.2) is 0 Å². The first-order chi connectivity index (χ1) is 13.7. The van der Waals surface area contributed by atoms with E-state index in [0.717, 1.165) is 22.2 Å². The molecule has 6 nitrogen and oxygen atoms in total. The molecule has 0 atom stereocenters. The second-order valence-corrected chi connectivity index (χ2v) is 8.27. The van der Waals surface area contributed by atoms with Crippen molar-refractivity contribution in [2.45, 2.75) is 13.1 Å². The maximum atomic E-state index is 12.5. The van der Waals surface area contributed by atoms with E-state index in [0.29, 0.717) is 22.5 Å². The molecule has 4 aromatic heterocycles. The fourth-order valence-electron chi connectivity index (χ4n) is 3.13. The van der Waals surface area contributed by atoms with Gasteiger partial charge in [-0.2, -0.15) is 0 Å². The molecule has 0 unspecified atom stereocenters. The molecule has 5 aromatic rings. The van der Waals surface area contributed by atoms with Gasteiger partial charge < -0.3 is 0 Å². The Morgan fingerprint density at radius 1 is 0.679 bits per heavy atom. The molecule has 0 fully saturated rings. The van der Waals surface area contributed by atoms with Gasteiger partial charge in [0.1, 0.15) is 9.40 Å². The summed E-state index contributed by atoms with van der Waals surface area (Å²) < 4.78 is 4.59. The van der Waals surface area contributed by atoms with E-state index in [-0.39, 0.29) is 11.1 Å². The summed E-state index contributed by atoms with van der Waals surface area (Å²) in [6.45, 7) is 0.922. The second-order valence-electron chi connectivity index (χ2n) is 6.44. The molecule has 28 heavy (non-hydrogen) atoms. The van der Waals surface area contributed by atoms with Crippen molar-refractivity contribution in [3.05, 3.63) is 91.6 Å². The van der Waals surface area contributed by atoms with Crippen molar-refractivity contribution in [3.8, 4) is 0 Å². The molecule has 0 aliphatic carbocycles. The molecule has 0 saturated heterocycles. The molecular weight excluding hydrogens is 392 g/mol. The van der Waals surface area contributed by atoms with Crippen molar-refractivity contribution >= 4 is 43.1 Å². The maximum Gasteiger partial charge on any atom is 0.271 e. The number of benzene rings is 1. The Bertz CT molecular complexity index is 1300. The van der Waals surface area contributed by atoms with Crippen molar-refractivity contribution in [3.63, 3.8) is 0 Å². The van der Waals surface area contributed by atoms with E-state index in [2.05, 4.69) is 9.97 Å². The Morgan fingerprint density at radius 2 is 1.11 bits per heavy atom. The van der Waals surface area contributed by atoms with Crippen LogP contribution in [-0.4, -0.2) is 19.1 Å². The van der Waals surface area contributed by atoms with Gasteiger partial charge in [-0.25, -0.2) is 9.97 Å². The van der Waals surface area contributed by atoms with Gasteiger partial charge in [0.25, 0.3) is 11.1 Å². The average Bonchev–Trinajstić information content (AvgIpc) is 3.37. The second kappa shape index (κ2) is 6.81. The van der Waals surface area contributed by atoms with E-state index in [1.807, 2.05) is 47.2 Å². The topological polar surface area (TPSA) is 69.8 Å². The highest BCUT2D eigenvalue weighted by Gasteiger charge is 2.08. The zero-order valence-corrected chi connectivity index (χ0v) is 16.2. The minimum absolute atomic E-state index is 0.0223. The Kier molecular flexibility index (Phi) is 4.14. The van der Waals surface area contributed by atoms with Crippen LogP contribution in [0.25, 0.3) is 20.4 Å². The first-order valence-electron chi connectivity index (χ1n) is 8.62. The van der Waals surface area contributed by atoms with Gasteiger partial charge in [0, 0.05) is 0 Å². The number of nitrogens with zero attached hydrogens (tertiary/aromatic N) is 4. The molecule has 0 radical (unpaired) electrons. The summed E-state index contributed by atoms with van der Waals surface area (Å²) in [5, 5.41) is 3.76. The molecule has 0 aliphatic rings. The van der Waals surface area contributed by atoms with Crippen LogP contribution in [0.2, 0.25) is 0 Å². The van der Waals surface area contributed by atoms with Gasteiger partial charge in [0.05, 0.1) is 36.8 Å². The molecule has 0 amide bonds. The molecule has 0 aliphatic heterocycles. The largest absolute Gasteiger partial charge is 0.294 e. The summed E-state index contributed by atoms with van der Waals surface area (Å²) in [4.78, 5) is 33.7. The van der Waals surface area contributed by atoms with Crippen molar-refractivity contribution in [1.82, 2.24) is 19.1 Å². The van der Waals surface area contributed by atoms with Gasteiger partial charge in [-0.1, -0.05) is 24.3 Å². The van der Waals surface area contributed by atoms with E-state index in [9.17, 15) is 9.59 Å². The molecule has 0 N–H and O–H groups in total. The van der Waals surface area contributed by atoms with Crippen LogP contribution < -0.4 is 11.1 Å². The Hall–Kier alpha value is -3.10. The molecule has 5 rings (SSSR count). The van der Waals surface area contributed by atoms with Crippen LogP contribution in [0, 0.1) is 0 Å². The number of hydrogen-bond acceptors (Lipinski definition) is 6. The number of aromatic nitrogens is 4. The van der Waals surface area contributed by atoms with Crippen LogP contribution in [0.3, 0.4) is 0 Å². The van der Waals surface area contributed by atoms with Crippen LogP contribution in [0.4, 0.5) is 0 Å². The highest BCUT2D eigenvalue weighted by molar-refractivity contribution is 7.17. The number of hydrogen-bond donors (Lipinski definition) is 0. The zero-order valence-electron chi connectivity index (χ0n) is 14.6. The minimum atomic E-state index is -0.0223. The van der Waals surface area contributed by atoms with Crippen LogP contribution in [0.15, 0.2) is 69.4 Å². The third-order valence-corrected chi connectivity index (χ3v) is 6.38. The normalized spacial score (nSPS) is 11.4. The van der Waals surface area contributed by atoms with Crippen LogP contribution in [-0.2, 0) is 13.1 Å². The molecule has 138 valence electrons. The van der Waals surface area contributed by atoms with Crippen molar-refractivity contribution in [2.75, 3.05) is 0 Å². The fourth-order valence-corrected chi connectivity index (χ4v) is 4.71. The summed E-state index contributed by atoms with van der Waals surface area (Å²) in [7, 11) is 0. The zero-order chi connectivity index (χ0) is 19.1. The molecule has 4 heterocycles. The lowest BCUT2D eigenvalue weighted by atomic mass is 10.1. The Balaban J connectivity index is 1.39. The van der Waals surface area contributed by atoms with E-state index in [1.54, 1.807) is 21.8 Å². The van der Waals surface area contributed by atoms with Crippen LogP contribution in [0.5, 0.6) is 0 Å². The lowest BCUT2D eigenvalue weighted by Gasteiger charge is -2.08. The monoisotopic (exact) mass is 406 g/mol. The van der Waals surface area contributed by atoms with Crippen molar-refractivity contribution in [2.24, 2.45) is 0 Å². The van der Waals surface area contributed by atoms with Crippen molar-refractivity contribution < 1.29 is 0 Å². The quantitative estimate of drug-likeness (QED) is 0.459. The lowest BCUT2D eigenvalue weighted by molar-refractivity contribution is 0.740. The Morgan fingerprint density at radius 3 is 1.54 bits per heavy atom. The summed E-state index contributed by atoms with van der Waals surface area (Å²) in [6.07, 6.45) is 3.18. The van der Waals surface area contributed by atoms with Gasteiger partial charge in [-0.15, -0.1) is 22.7 Å². The lowest BCUT2D eigenvalue weighted by Crippen LogP contribution is -2.21. The molecule has 1 aromatic carbocycles. The van der Waals surface area contributed by atoms with Crippen LogP contribution >= 0.6 is 22.7 Å². The van der Waals surface area contributed by atoms with Gasteiger partial charge in [-0.05, 0) is 34.0 Å². The smallest absolute Gasteiger partial charge is 0.271 e. The SMILES string of the molecule is O=c1c2sccc2ncn1Cc1ccc(Cn2cnc3ccsc3c2=O)cc1. The number of rotatable bonds is 4. The van der Waals surface area contributed by atoms with Gasteiger partial charge in [0.2, 0.25) is 0 Å². The number of thiophene rings is 2. The van der Waals surface area contributed by atoms with E-state index in [1.165, 1.54) is 22.7 Å². The summed E-state index contributed by atoms with van der Waals surface area (Å²) in [5.41, 5.74) is 3.44. The predicted molar refractivity (Wildman–Crippen MR) is 112 cm³/mol. The third kappa shape index (κ3) is 2.96. The molecule has 8 heteroatoms. The fraction of sp³-hybridized carbons (Fsp3) is 0.100. The highest BCUT2D eigenvalue weighted by Crippen LogP contribution is 2.15. The molecule has 0 saturated carbocycles. The number of fused-ring (bicyclic) bond motifs is 2. The first-order valence-corrected chi connectivity index (χ1v) is 10.4. The van der Waals surface area contributed by atoms with E-state index in [4.69, 9.17) is 0 Å². The highest BCUT2D eigenvalue weighted by atomic mass is 32.1. The van der Waals surface area contributed by atoms with E-state index >= 15 is 0 Å². The van der Waals surface area contributed by atoms with Crippen molar-refractivity contribution in [1.29, 1.82) is 0 Å². The van der Waals surface area contributed by atoms with Crippen LogP contribution in [0.1, 0.15) is 11.1 Å². The first kappa shape index (κ1) is 17.0. The van der Waals surface area contributed by atoms with Gasteiger partial charge >= 0.3 is 0 Å². The maximum absolute atomic E-state index is 12.5. The predicted octanol–water partition coefficient (Wildman–Crippen LogP) is 3.33. The summed E-state index contributed by atoms with van der Waals surface area (Å²) >= 11 is 2.82. The van der Waals surface area contributed by atoms with Gasteiger partial charge in [-0.3, -0.25) is 18.7 Å². The van der Waals surface area contributed by atoms with E-state index < -0.39 is 0 Å². The average molecular weight is 406 g/mol. The summed E-state index contributed by atoms with van der Waals surface area (Å²) in [5.74, 6) is 0. The summed E-state index contributed by atoms with van der Waals surface area (Å²) in [6, 6.07) is 11.6. The standard InChI is InChI=1S/C20H14N4O2S2/c25-19-17-15(5-7-27-17)21-11-23(19)9-13-1-2-14(4-3-13)10-24-12-22-16-6-8-28-18(16)20(24)26/h1-8,11-12H,9-10H2. The third-order valence-electron chi connectivity index (χ3n) is 4.60. The molecular formula is C20H14N4O2S2. The Labute approximate surface area is 167 Å². The molecule has 0 bridgehead atoms.